The molecule has 1 atom stereocenters. The van der Waals surface area contributed by atoms with E-state index in [1.165, 1.54) is 18.4 Å². The number of anilines is 1. The summed E-state index contributed by atoms with van der Waals surface area (Å²) in [6, 6.07) is 4.93. The van der Waals surface area contributed by atoms with Crippen LogP contribution in [0.4, 0.5) is 5.13 Å². The highest BCUT2D eigenvalue weighted by atomic mass is 32.1. The van der Waals surface area contributed by atoms with E-state index in [4.69, 9.17) is 23.3 Å². The molecule has 0 fully saturated rings. The van der Waals surface area contributed by atoms with Crippen LogP contribution in [0.15, 0.2) is 23.6 Å². The molecule has 1 aromatic carbocycles. The van der Waals surface area contributed by atoms with Crippen molar-refractivity contribution in [2.45, 2.75) is 33.0 Å². The topological polar surface area (TPSA) is 105 Å². The largest absolute Gasteiger partial charge is 0.497 e. The third-order valence-electron chi connectivity index (χ3n) is 3.90. The molecule has 0 saturated heterocycles. The normalized spacial score (nSPS) is 12.4. The molecule has 11 heteroatoms. The molecule has 0 spiro atoms. The standard InChI is InChI=1S/C20H29N2O7PS/c1-6-27-30(24,28-7-2)12-16-13-31-20(21-16)22-19(23)15-8-17(26-5)10-18(9-15)29-14(3)11-25-4/h8-10,13-14H,6-7,11-12H2,1-5H3,(H,21,22,23)/t14-/m0/s1. The first kappa shape index (κ1) is 25.3. The van der Waals surface area contributed by atoms with E-state index >= 15 is 0 Å². The minimum absolute atomic E-state index is 0.0373. The van der Waals surface area contributed by atoms with Crippen molar-refractivity contribution in [2.24, 2.45) is 0 Å². The smallest absolute Gasteiger partial charge is 0.336 e. The molecular weight excluding hydrogens is 443 g/mol. The molecule has 0 aliphatic carbocycles. The Balaban J connectivity index is 2.12. The average Bonchev–Trinajstić information content (AvgIpc) is 3.14. The van der Waals surface area contributed by atoms with Crippen LogP contribution in [0.5, 0.6) is 11.5 Å². The first-order chi connectivity index (χ1) is 14.8. The van der Waals surface area contributed by atoms with E-state index in [2.05, 4.69) is 10.3 Å². The molecule has 1 aromatic heterocycles. The van der Waals surface area contributed by atoms with Gasteiger partial charge in [0.1, 0.15) is 17.6 Å². The van der Waals surface area contributed by atoms with Crippen LogP contribution in [0.2, 0.25) is 0 Å². The average molecular weight is 473 g/mol. The molecule has 172 valence electrons. The van der Waals surface area contributed by atoms with Crippen LogP contribution in [0.25, 0.3) is 0 Å². The van der Waals surface area contributed by atoms with Crippen LogP contribution in [-0.2, 0) is 24.5 Å². The van der Waals surface area contributed by atoms with Gasteiger partial charge in [-0.3, -0.25) is 14.7 Å². The van der Waals surface area contributed by atoms with Crippen LogP contribution in [0, 0.1) is 0 Å². The van der Waals surface area contributed by atoms with Gasteiger partial charge in [0.05, 0.1) is 38.8 Å². The van der Waals surface area contributed by atoms with Crippen LogP contribution < -0.4 is 14.8 Å². The van der Waals surface area contributed by atoms with E-state index < -0.39 is 7.60 Å². The number of carbonyl (C=O) groups excluding carboxylic acids is 1. The van der Waals surface area contributed by atoms with Crippen LogP contribution >= 0.6 is 18.9 Å². The third kappa shape index (κ3) is 7.90. The molecule has 1 heterocycles. The van der Waals surface area contributed by atoms with Crippen molar-refractivity contribution in [3.05, 3.63) is 34.8 Å². The summed E-state index contributed by atoms with van der Waals surface area (Å²) in [5.41, 5.74) is 0.874. The Morgan fingerprint density at radius 2 is 1.84 bits per heavy atom. The molecule has 31 heavy (non-hydrogen) atoms. The second kappa shape index (κ2) is 12.2. The van der Waals surface area contributed by atoms with Gasteiger partial charge in [0.25, 0.3) is 5.91 Å². The number of ether oxygens (including phenoxy) is 3. The van der Waals surface area contributed by atoms with Crippen molar-refractivity contribution in [3.63, 3.8) is 0 Å². The van der Waals surface area contributed by atoms with E-state index in [0.717, 1.165) is 0 Å². The van der Waals surface area contributed by atoms with E-state index in [1.807, 2.05) is 6.92 Å². The lowest BCUT2D eigenvalue weighted by molar-refractivity contribution is 0.0915. The monoisotopic (exact) mass is 472 g/mol. The number of methoxy groups -OCH3 is 2. The molecule has 0 unspecified atom stereocenters. The summed E-state index contributed by atoms with van der Waals surface area (Å²) < 4.78 is 39.4. The highest BCUT2D eigenvalue weighted by molar-refractivity contribution is 7.53. The van der Waals surface area contributed by atoms with Gasteiger partial charge in [-0.15, -0.1) is 11.3 Å². The second-order valence-electron chi connectivity index (χ2n) is 6.48. The van der Waals surface area contributed by atoms with E-state index in [0.29, 0.717) is 34.5 Å². The number of aromatic nitrogens is 1. The predicted octanol–water partition coefficient (Wildman–Crippen LogP) is 4.58. The maximum absolute atomic E-state index is 12.8. The van der Waals surface area contributed by atoms with Crippen molar-refractivity contribution in [2.75, 3.05) is 39.4 Å². The quantitative estimate of drug-likeness (QED) is 0.422. The maximum atomic E-state index is 12.8. The molecule has 0 aliphatic heterocycles. The molecule has 0 aliphatic rings. The van der Waals surface area contributed by atoms with Gasteiger partial charge in [0.2, 0.25) is 0 Å². The zero-order valence-corrected chi connectivity index (χ0v) is 20.1. The van der Waals surface area contributed by atoms with Gasteiger partial charge in [0, 0.05) is 24.1 Å². The van der Waals surface area contributed by atoms with E-state index in [1.54, 1.807) is 44.5 Å². The van der Waals surface area contributed by atoms with Crippen LogP contribution in [0.3, 0.4) is 0 Å². The van der Waals surface area contributed by atoms with Crippen molar-refractivity contribution < 1.29 is 32.6 Å². The molecule has 9 nitrogen and oxygen atoms in total. The fourth-order valence-corrected chi connectivity index (χ4v) is 5.15. The number of thiazole rings is 1. The summed E-state index contributed by atoms with van der Waals surface area (Å²) in [6.07, 6.45) is -0.156. The lowest BCUT2D eigenvalue weighted by atomic mass is 10.2. The Labute approximate surface area is 186 Å². The molecule has 1 N–H and O–H groups in total. The number of carbonyl (C=O) groups is 1. The number of hydrogen-bond donors (Lipinski definition) is 1. The van der Waals surface area contributed by atoms with Crippen molar-refractivity contribution in [1.29, 1.82) is 0 Å². The van der Waals surface area contributed by atoms with Crippen LogP contribution in [-0.4, -0.2) is 51.0 Å². The minimum atomic E-state index is -3.27. The molecular formula is C20H29N2O7PS. The van der Waals surface area contributed by atoms with E-state index in [-0.39, 0.29) is 31.4 Å². The van der Waals surface area contributed by atoms with Gasteiger partial charge in [0.15, 0.2) is 5.13 Å². The molecule has 0 radical (unpaired) electrons. The Kier molecular flexibility index (Phi) is 9.93. The number of benzene rings is 1. The van der Waals surface area contributed by atoms with Gasteiger partial charge in [-0.2, -0.15) is 0 Å². The number of hydrogen-bond acceptors (Lipinski definition) is 9. The zero-order chi connectivity index (χ0) is 22.9. The minimum Gasteiger partial charge on any atom is -0.497 e. The Hall–Kier alpha value is -1.97. The molecule has 2 aromatic rings. The summed E-state index contributed by atoms with van der Waals surface area (Å²) in [4.78, 5) is 17.1. The van der Waals surface area contributed by atoms with Crippen molar-refractivity contribution >= 4 is 30.0 Å². The summed E-state index contributed by atoms with van der Waals surface area (Å²) in [5.74, 6) is 0.603. The van der Waals surface area contributed by atoms with Gasteiger partial charge in [-0.05, 0) is 32.9 Å². The van der Waals surface area contributed by atoms with E-state index in [9.17, 15) is 9.36 Å². The Morgan fingerprint density at radius 1 is 1.16 bits per heavy atom. The fraction of sp³-hybridized carbons (Fsp3) is 0.500. The third-order valence-corrected chi connectivity index (χ3v) is 6.72. The SMILES string of the molecule is CCOP(=O)(Cc1csc(NC(=O)c2cc(OC)cc(O[C@@H](C)COC)c2)n1)OCC. The maximum Gasteiger partial charge on any atom is 0.336 e. The molecule has 1 amide bonds. The van der Waals surface area contributed by atoms with Gasteiger partial charge < -0.3 is 23.3 Å². The number of rotatable bonds is 13. The van der Waals surface area contributed by atoms with Crippen molar-refractivity contribution in [3.8, 4) is 11.5 Å². The molecule has 2 rings (SSSR count). The highest BCUT2D eigenvalue weighted by Gasteiger charge is 2.26. The predicted molar refractivity (Wildman–Crippen MR) is 120 cm³/mol. The summed E-state index contributed by atoms with van der Waals surface area (Å²) in [5, 5.41) is 4.83. The molecule has 0 saturated carbocycles. The number of nitrogens with one attached hydrogen (secondary N) is 1. The Bertz CT molecular complexity index is 895. The molecule has 0 bridgehead atoms. The Morgan fingerprint density at radius 3 is 2.45 bits per heavy atom. The lowest BCUT2D eigenvalue weighted by Gasteiger charge is -2.15. The fourth-order valence-electron chi connectivity index (χ4n) is 2.72. The van der Waals surface area contributed by atoms with Gasteiger partial charge in [-0.25, -0.2) is 4.98 Å². The number of amides is 1. The first-order valence-electron chi connectivity index (χ1n) is 9.81. The van der Waals surface area contributed by atoms with Gasteiger partial charge >= 0.3 is 7.60 Å². The highest BCUT2D eigenvalue weighted by Crippen LogP contribution is 2.51. The number of nitrogens with zero attached hydrogens (tertiary/aromatic N) is 1. The second-order valence-corrected chi connectivity index (χ2v) is 9.40. The van der Waals surface area contributed by atoms with Crippen LogP contribution in [0.1, 0.15) is 36.8 Å². The van der Waals surface area contributed by atoms with Gasteiger partial charge in [-0.1, -0.05) is 0 Å². The summed E-state index contributed by atoms with van der Waals surface area (Å²) >= 11 is 1.23. The summed E-state index contributed by atoms with van der Waals surface area (Å²) in [7, 11) is -0.162. The van der Waals surface area contributed by atoms with Crippen molar-refractivity contribution in [1.82, 2.24) is 4.98 Å². The zero-order valence-electron chi connectivity index (χ0n) is 18.4. The lowest BCUT2D eigenvalue weighted by Crippen LogP contribution is -2.18. The first-order valence-corrected chi connectivity index (χ1v) is 12.4. The summed E-state index contributed by atoms with van der Waals surface area (Å²) in [6.45, 7) is 6.32.